The van der Waals surface area contributed by atoms with Crippen LogP contribution in [0, 0.1) is 0 Å². The third kappa shape index (κ3) is 39.0. The molecule has 30 heteroatoms. The molecule has 0 saturated carbocycles. The van der Waals surface area contributed by atoms with E-state index in [2.05, 4.69) is 315 Å². The molecule has 0 radical (unpaired) electrons. The van der Waals surface area contributed by atoms with Gasteiger partial charge in [0.25, 0.3) is 0 Å². The highest BCUT2D eigenvalue weighted by molar-refractivity contribution is 7.03. The molecule has 2 unspecified atom stereocenters. The predicted octanol–water partition coefficient (Wildman–Crippen LogP) is 7.30. The van der Waals surface area contributed by atoms with Crippen LogP contribution in [-0.4, -0.2) is 237 Å². The summed E-state index contributed by atoms with van der Waals surface area (Å²) in [7, 11) is -2.06. The number of nitrogens with two attached hydrogens (primary N) is 3. The number of hydrogen-bond donors (Lipinski definition) is 3. The highest BCUT2D eigenvalue weighted by Gasteiger charge is 2.43. The second-order valence-corrected chi connectivity index (χ2v) is 99.7. The van der Waals surface area contributed by atoms with Gasteiger partial charge in [-0.15, -0.1) is 0 Å². The monoisotopic (exact) mass is 1320 g/mol. The van der Waals surface area contributed by atoms with Gasteiger partial charge in [0.15, 0.2) is 53.3 Å². The maximum absolute atomic E-state index is 6.39. The lowest BCUT2D eigenvalue weighted by Gasteiger charge is -2.50. The molecule has 0 aromatic heterocycles. The number of hydrogen-bond acceptors (Lipinski definition) is 12. The zero-order valence-electron chi connectivity index (χ0n) is 57.7. The van der Waals surface area contributed by atoms with E-state index in [-0.39, 0.29) is 9.84 Å². The molecule has 2 atom stereocenters. The summed E-state index contributed by atoms with van der Waals surface area (Å²) in [6.07, 6.45) is 0. The van der Waals surface area contributed by atoms with E-state index in [9.17, 15) is 0 Å². The fourth-order valence-electron chi connectivity index (χ4n) is 12.0. The van der Waals surface area contributed by atoms with Crippen molar-refractivity contribution < 1.29 is 0 Å². The van der Waals surface area contributed by atoms with Crippen LogP contribution in [0.1, 0.15) is 0 Å². The van der Waals surface area contributed by atoms with Gasteiger partial charge in [-0.25, -0.2) is 0 Å². The van der Waals surface area contributed by atoms with Crippen molar-refractivity contribution in [3.8, 4) is 0 Å². The fourth-order valence-corrected chi connectivity index (χ4v) is 108. The van der Waals surface area contributed by atoms with Crippen molar-refractivity contribution >= 4 is 158 Å². The van der Waals surface area contributed by atoms with Gasteiger partial charge in [0.05, 0.1) is 71.7 Å². The lowest BCUT2D eigenvalue weighted by molar-refractivity contribution is 0.581. The summed E-state index contributed by atoms with van der Waals surface area (Å²) in [6.45, 7) is 86.6. The Bertz CT molecular complexity index is 1260. The zero-order valence-corrected chi connectivity index (χ0v) is 77.7. The summed E-state index contributed by atoms with van der Waals surface area (Å²) in [5.74, 6) is 0. The topological polar surface area (TPSA) is 107 Å². The Morgan fingerprint density at radius 2 is 0.639 bits per heavy atom. The van der Waals surface area contributed by atoms with E-state index in [4.69, 9.17) is 16.2 Å². The summed E-state index contributed by atoms with van der Waals surface area (Å²) in [5.41, 5.74) is 0. The molecule has 12 nitrogen and oxygen atoms in total. The van der Waals surface area contributed by atoms with Crippen molar-refractivity contribution in [1.82, 2.24) is 37.1 Å². The summed E-state index contributed by atoms with van der Waals surface area (Å²) in [5, 5.41) is 18.7. The van der Waals surface area contributed by atoms with Crippen LogP contribution in [0.5, 0.6) is 0 Å². The highest BCUT2D eigenvalue weighted by Crippen LogP contribution is 2.24. The van der Waals surface area contributed by atoms with E-state index in [1.54, 1.807) is 0 Å². The molecule has 0 aliphatic carbocycles. The molecular formula is C42H144N12Si18. The Hall–Kier alpha value is 3.42. The highest BCUT2D eigenvalue weighted by atomic mass is 28.5. The van der Waals surface area contributed by atoms with Crippen LogP contribution in [0.25, 0.3) is 0 Å². The lowest BCUT2D eigenvalue weighted by atomic mass is 11.3. The molecule has 0 amide bonds. The first-order valence-electron chi connectivity index (χ1n) is 28.2. The largest absolute Gasteiger partial charge is 0.366 e. The molecule has 0 heterocycles. The summed E-state index contributed by atoms with van der Waals surface area (Å²) < 4.78 is 24.3. The molecule has 0 aliphatic heterocycles. The van der Waals surface area contributed by atoms with Crippen LogP contribution >= 0.6 is 0 Å². The van der Waals surface area contributed by atoms with E-state index in [0.717, 1.165) is 0 Å². The first kappa shape index (κ1) is 86.7. The van der Waals surface area contributed by atoms with Gasteiger partial charge in [-0.3, -0.25) is 0 Å². The molecule has 0 aromatic rings. The summed E-state index contributed by atoms with van der Waals surface area (Å²) >= 11 is 0. The van der Waals surface area contributed by atoms with Crippen molar-refractivity contribution in [3.63, 3.8) is 0 Å². The summed E-state index contributed by atoms with van der Waals surface area (Å²) in [6, 6.07) is 0. The number of rotatable bonds is 21. The van der Waals surface area contributed by atoms with E-state index in [1.165, 1.54) is 0 Å². The zero-order chi connectivity index (χ0) is 60.2. The Morgan fingerprint density at radius 3 is 0.681 bits per heavy atom. The Morgan fingerprint density at radius 1 is 0.361 bits per heavy atom. The molecule has 6 N–H and O–H groups in total. The Balaban J connectivity index is -0.000000182. The van der Waals surface area contributed by atoms with Crippen LogP contribution in [0.15, 0.2) is 0 Å². The third-order valence-electron chi connectivity index (χ3n) is 12.5. The molecule has 0 spiro atoms. The van der Waals surface area contributed by atoms with Crippen LogP contribution in [-0.2, 0) is 0 Å². The van der Waals surface area contributed by atoms with Crippen molar-refractivity contribution in [3.05, 3.63) is 0 Å². The SMILES string of the molecule is CN(C)[SiH2]N([SiH](C)C)[SiH](C)C.CN(C)[SiH](C)N([SiH](C)C)[SiH](C)C.CN(C)[Si](C)(C)N([SiH](C)C)[SiH](C)C.C[SiH](C)N([SiH](C)C)[Si](C)(C)N.C[SiH](N)N([Si](C)(C)C)[Si](C)(C)C.C[Si](C)(C)N([Si](C)(C)C)[Si](C)(C)N. The van der Waals surface area contributed by atoms with Crippen molar-refractivity contribution in [2.75, 3.05) is 42.3 Å². The molecule has 0 aromatic carbocycles. The molecule has 0 rings (SSSR count). The van der Waals surface area contributed by atoms with E-state index in [1.807, 2.05) is 0 Å². The summed E-state index contributed by atoms with van der Waals surface area (Å²) in [4.78, 5) is 0. The molecule has 0 bridgehead atoms. The quantitative estimate of drug-likeness (QED) is 0.101. The van der Waals surface area contributed by atoms with Gasteiger partial charge in [-0.1, -0.05) is 183 Å². The molecule has 0 saturated heterocycles. The van der Waals surface area contributed by atoms with Crippen LogP contribution in [0.3, 0.4) is 0 Å². The minimum Gasteiger partial charge on any atom is -0.366 e. The van der Waals surface area contributed by atoms with Crippen molar-refractivity contribution in [2.24, 2.45) is 16.2 Å². The Kier molecular flexibility index (Phi) is 45.2. The van der Waals surface area contributed by atoms with E-state index < -0.39 is 148 Å². The normalized spacial score (nSPS) is 14.8. The molecular weight excluding hydrogens is 1180 g/mol. The van der Waals surface area contributed by atoms with Gasteiger partial charge in [-0.2, -0.15) is 0 Å². The van der Waals surface area contributed by atoms with Gasteiger partial charge in [0.1, 0.15) is 32.9 Å². The van der Waals surface area contributed by atoms with Crippen molar-refractivity contribution in [1.29, 1.82) is 0 Å². The van der Waals surface area contributed by atoms with Gasteiger partial charge in [-0.05, 0) is 94.7 Å². The van der Waals surface area contributed by atoms with Crippen LogP contribution in [0.4, 0.5) is 0 Å². The minimum absolute atomic E-state index is 0.0448. The van der Waals surface area contributed by atoms with Crippen LogP contribution < -0.4 is 16.2 Å². The first-order chi connectivity index (χ1) is 31.2. The maximum Gasteiger partial charge on any atom is 0.186 e. The predicted molar refractivity (Wildman–Crippen MR) is 396 cm³/mol. The second-order valence-electron chi connectivity index (χ2n) is 29.2. The average molecular weight is 1320 g/mol. The first-order valence-corrected chi connectivity index (χ1v) is 79.4. The maximum atomic E-state index is 6.39. The molecule has 0 fully saturated rings. The van der Waals surface area contributed by atoms with Gasteiger partial charge in [0, 0.05) is 0 Å². The van der Waals surface area contributed by atoms with Gasteiger partial charge >= 0.3 is 0 Å². The van der Waals surface area contributed by atoms with Gasteiger partial charge in [0.2, 0.25) is 0 Å². The fraction of sp³-hybridized carbons (Fsp3) is 1.00. The second kappa shape index (κ2) is 37.5. The molecule has 72 heavy (non-hydrogen) atoms. The Labute approximate surface area is 485 Å². The smallest absolute Gasteiger partial charge is 0.186 e. The number of nitrogens with zero attached hydrogens (tertiary/aromatic N) is 9. The van der Waals surface area contributed by atoms with Crippen LogP contribution in [0.2, 0.25) is 236 Å². The van der Waals surface area contributed by atoms with Gasteiger partial charge < -0.3 is 53.3 Å². The van der Waals surface area contributed by atoms with E-state index in [0.29, 0.717) is 0 Å². The van der Waals surface area contributed by atoms with Crippen molar-refractivity contribution in [2.45, 2.75) is 236 Å². The average Bonchev–Trinajstić information content (AvgIpc) is 3.02. The lowest BCUT2D eigenvalue weighted by Crippen LogP contribution is -2.73. The molecule has 444 valence electrons. The molecule has 0 aliphatic rings. The minimum atomic E-state index is -1.60. The standard InChI is InChI=1S/2C8H26N2Si3.2C7H24N2Si3.2C6H22N2Si3/c1-11(2,3)10(12(4,5)6)13(7,8)9;1-9(2)13(7,8)10(11(3)4)12(5)6;1-10(8)9(11(2,3)4)12(5,6)7;1-8(2)12(7)9(10(3)4)11(5)6;1-9(2)8(10(3)4)11(5,6)7;1-7(2)9-8(10(3)4)11(5)6/h9H2,1-8H3;11-12H,1-8H3;10H,8H2,1-7H3;10-12H,1-7H3;9-10H,7H2,1-6H3;10-11H,9H2,1-6H3. The third-order valence-corrected chi connectivity index (χ3v) is 100. The van der Waals surface area contributed by atoms with E-state index >= 15 is 0 Å².